The van der Waals surface area contributed by atoms with E-state index in [2.05, 4.69) is 4.98 Å². The van der Waals surface area contributed by atoms with Gasteiger partial charge in [-0.3, -0.25) is 10.1 Å². The van der Waals surface area contributed by atoms with Crippen molar-refractivity contribution in [3.8, 4) is 22.4 Å². The number of hydrogen-bond acceptors (Lipinski definition) is 3. The molecule has 0 aliphatic heterocycles. The second-order valence-electron chi connectivity index (χ2n) is 4.86. The fourth-order valence-corrected chi connectivity index (χ4v) is 2.29. The average Bonchev–Trinajstić information content (AvgIpc) is 2.54. The smallest absolute Gasteiger partial charge is 0.258 e. The zero-order valence-corrected chi connectivity index (χ0v) is 11.7. The number of halogens is 2. The first kappa shape index (κ1) is 14.8. The average molecular weight is 312 g/mol. The van der Waals surface area contributed by atoms with Crippen LogP contribution in [-0.4, -0.2) is 9.91 Å². The Kier molecular flexibility index (Phi) is 3.80. The number of aromatic nitrogens is 1. The zero-order valence-electron chi connectivity index (χ0n) is 11.7. The minimum absolute atomic E-state index is 0.226. The van der Waals surface area contributed by atoms with E-state index in [1.807, 2.05) is 0 Å². The van der Waals surface area contributed by atoms with Gasteiger partial charge in [0.2, 0.25) is 0 Å². The lowest BCUT2D eigenvalue weighted by molar-refractivity contribution is -0.384. The summed E-state index contributed by atoms with van der Waals surface area (Å²) in [5.41, 5.74) is 1.20. The summed E-state index contributed by atoms with van der Waals surface area (Å²) in [7, 11) is 0. The molecule has 114 valence electrons. The van der Waals surface area contributed by atoms with Crippen LogP contribution in [0.3, 0.4) is 0 Å². The standard InChI is InChI=1S/C17H10F2N2O2/c18-13-5-1-3-11(7-13)15-9-16(20-10-17(15)21(22)23)12-4-2-6-14(19)8-12/h1-10H. The van der Waals surface area contributed by atoms with Gasteiger partial charge >= 0.3 is 0 Å². The molecule has 1 aromatic heterocycles. The minimum atomic E-state index is -0.581. The molecule has 3 rings (SSSR count). The number of rotatable bonds is 3. The first-order valence-corrected chi connectivity index (χ1v) is 6.71. The second kappa shape index (κ2) is 5.92. The van der Waals surface area contributed by atoms with E-state index in [-0.39, 0.29) is 11.3 Å². The lowest BCUT2D eigenvalue weighted by Gasteiger charge is -2.07. The first-order valence-electron chi connectivity index (χ1n) is 6.71. The highest BCUT2D eigenvalue weighted by molar-refractivity contribution is 5.77. The monoisotopic (exact) mass is 312 g/mol. The van der Waals surface area contributed by atoms with Crippen LogP contribution >= 0.6 is 0 Å². The van der Waals surface area contributed by atoms with Gasteiger partial charge in [0.15, 0.2) is 0 Å². The van der Waals surface area contributed by atoms with Crippen LogP contribution in [-0.2, 0) is 0 Å². The Balaban J connectivity index is 2.20. The largest absolute Gasteiger partial charge is 0.295 e. The molecule has 0 aliphatic rings. The van der Waals surface area contributed by atoms with Crippen molar-refractivity contribution in [1.29, 1.82) is 0 Å². The highest BCUT2D eigenvalue weighted by Crippen LogP contribution is 2.33. The zero-order chi connectivity index (χ0) is 16.4. The van der Waals surface area contributed by atoms with Crippen LogP contribution in [0.2, 0.25) is 0 Å². The van der Waals surface area contributed by atoms with Crippen LogP contribution in [0.25, 0.3) is 22.4 Å². The van der Waals surface area contributed by atoms with Gasteiger partial charge in [0, 0.05) is 5.56 Å². The van der Waals surface area contributed by atoms with Gasteiger partial charge in [0.1, 0.15) is 17.8 Å². The van der Waals surface area contributed by atoms with Crippen LogP contribution < -0.4 is 0 Å². The van der Waals surface area contributed by atoms with Crippen LogP contribution in [0.5, 0.6) is 0 Å². The summed E-state index contributed by atoms with van der Waals surface area (Å²) in [4.78, 5) is 14.6. The van der Waals surface area contributed by atoms with Gasteiger partial charge in [-0.2, -0.15) is 0 Å². The molecular formula is C17H10F2N2O2. The van der Waals surface area contributed by atoms with Gasteiger partial charge in [-0.05, 0) is 35.9 Å². The third-order valence-electron chi connectivity index (χ3n) is 3.34. The molecule has 2 aromatic carbocycles. The molecule has 1 heterocycles. The number of hydrogen-bond donors (Lipinski definition) is 0. The maximum atomic E-state index is 13.4. The van der Waals surface area contributed by atoms with E-state index < -0.39 is 16.6 Å². The third-order valence-corrected chi connectivity index (χ3v) is 3.34. The molecule has 0 radical (unpaired) electrons. The lowest BCUT2D eigenvalue weighted by Crippen LogP contribution is -1.95. The Hall–Kier alpha value is -3.15. The van der Waals surface area contributed by atoms with E-state index in [0.29, 0.717) is 16.8 Å². The summed E-state index contributed by atoms with van der Waals surface area (Å²) < 4.78 is 26.8. The second-order valence-corrected chi connectivity index (χ2v) is 4.86. The van der Waals surface area contributed by atoms with Gasteiger partial charge < -0.3 is 0 Å². The topological polar surface area (TPSA) is 56.0 Å². The Morgan fingerprint density at radius 3 is 2.13 bits per heavy atom. The molecule has 0 saturated heterocycles. The van der Waals surface area contributed by atoms with E-state index in [1.54, 1.807) is 12.1 Å². The molecule has 0 amide bonds. The summed E-state index contributed by atoms with van der Waals surface area (Å²) >= 11 is 0. The van der Waals surface area contributed by atoms with Crippen LogP contribution in [0.15, 0.2) is 60.8 Å². The summed E-state index contributed by atoms with van der Waals surface area (Å²) in [6.07, 6.45) is 1.10. The molecule has 4 nitrogen and oxygen atoms in total. The van der Waals surface area contributed by atoms with Crippen molar-refractivity contribution < 1.29 is 13.7 Å². The summed E-state index contributed by atoms with van der Waals surface area (Å²) in [5.74, 6) is -0.934. The van der Waals surface area contributed by atoms with E-state index in [9.17, 15) is 18.9 Å². The number of nitrogens with zero attached hydrogens (tertiary/aromatic N) is 2. The van der Waals surface area contributed by atoms with E-state index in [1.165, 1.54) is 42.5 Å². The van der Waals surface area contributed by atoms with Crippen molar-refractivity contribution in [2.24, 2.45) is 0 Å². The fourth-order valence-electron chi connectivity index (χ4n) is 2.29. The Labute approximate surface area is 130 Å². The van der Waals surface area contributed by atoms with Crippen LogP contribution in [0, 0.1) is 21.7 Å². The maximum absolute atomic E-state index is 13.4. The predicted molar refractivity (Wildman–Crippen MR) is 81.7 cm³/mol. The highest BCUT2D eigenvalue weighted by Gasteiger charge is 2.18. The molecule has 3 aromatic rings. The van der Waals surface area contributed by atoms with Crippen molar-refractivity contribution in [1.82, 2.24) is 4.98 Å². The molecule has 0 saturated carbocycles. The van der Waals surface area contributed by atoms with Crippen molar-refractivity contribution in [3.63, 3.8) is 0 Å². The number of pyridine rings is 1. The molecule has 0 aliphatic carbocycles. The normalized spacial score (nSPS) is 10.5. The highest BCUT2D eigenvalue weighted by atomic mass is 19.1. The van der Waals surface area contributed by atoms with Crippen LogP contribution in [0.4, 0.5) is 14.5 Å². The molecule has 6 heteroatoms. The Bertz CT molecular complexity index is 897. The molecule has 0 spiro atoms. The van der Waals surface area contributed by atoms with Crippen molar-refractivity contribution >= 4 is 5.69 Å². The van der Waals surface area contributed by atoms with E-state index in [0.717, 1.165) is 6.20 Å². The van der Waals surface area contributed by atoms with Crippen LogP contribution in [0.1, 0.15) is 0 Å². The molecule has 0 unspecified atom stereocenters. The quantitative estimate of drug-likeness (QED) is 0.524. The van der Waals surface area contributed by atoms with E-state index in [4.69, 9.17) is 0 Å². The first-order chi connectivity index (χ1) is 11.0. The predicted octanol–water partition coefficient (Wildman–Crippen LogP) is 4.60. The molecule has 0 bridgehead atoms. The Morgan fingerprint density at radius 2 is 1.52 bits per heavy atom. The fraction of sp³-hybridized carbons (Fsp3) is 0. The summed E-state index contributed by atoms with van der Waals surface area (Å²) in [5, 5.41) is 11.2. The molecule has 23 heavy (non-hydrogen) atoms. The van der Waals surface area contributed by atoms with Gasteiger partial charge in [0.25, 0.3) is 5.69 Å². The van der Waals surface area contributed by atoms with Gasteiger partial charge in [0.05, 0.1) is 16.2 Å². The minimum Gasteiger partial charge on any atom is -0.258 e. The molecule has 0 fully saturated rings. The van der Waals surface area contributed by atoms with Gasteiger partial charge in [-0.1, -0.05) is 24.3 Å². The van der Waals surface area contributed by atoms with Crippen molar-refractivity contribution in [2.45, 2.75) is 0 Å². The SMILES string of the molecule is O=[N+]([O-])c1cnc(-c2cccc(F)c2)cc1-c1cccc(F)c1. The number of benzene rings is 2. The number of nitro groups is 1. The summed E-state index contributed by atoms with van der Waals surface area (Å²) in [6, 6.07) is 12.7. The van der Waals surface area contributed by atoms with Crippen molar-refractivity contribution in [2.75, 3.05) is 0 Å². The summed E-state index contributed by atoms with van der Waals surface area (Å²) in [6.45, 7) is 0. The lowest BCUT2D eigenvalue weighted by atomic mass is 10.0. The third kappa shape index (κ3) is 3.06. The van der Waals surface area contributed by atoms with Crippen molar-refractivity contribution in [3.05, 3.63) is 82.5 Å². The molecule has 0 N–H and O–H groups in total. The Morgan fingerprint density at radius 1 is 0.913 bits per heavy atom. The molecule has 0 atom stereocenters. The maximum Gasteiger partial charge on any atom is 0.295 e. The van der Waals surface area contributed by atoms with Gasteiger partial charge in [-0.15, -0.1) is 0 Å². The molecular weight excluding hydrogens is 302 g/mol. The van der Waals surface area contributed by atoms with E-state index >= 15 is 0 Å². The van der Waals surface area contributed by atoms with Gasteiger partial charge in [-0.25, -0.2) is 13.8 Å².